The summed E-state index contributed by atoms with van der Waals surface area (Å²) in [5.74, 6) is -0.155. The largest absolute Gasteiger partial charge is 0.312 e. The van der Waals surface area contributed by atoms with Crippen molar-refractivity contribution in [3.05, 3.63) is 70.2 Å². The van der Waals surface area contributed by atoms with Crippen LogP contribution in [0, 0.1) is 13.8 Å². The van der Waals surface area contributed by atoms with E-state index in [-0.39, 0.29) is 17.7 Å². The highest BCUT2D eigenvalue weighted by molar-refractivity contribution is 7.15. The molecule has 0 aliphatic carbocycles. The van der Waals surface area contributed by atoms with Gasteiger partial charge in [-0.25, -0.2) is 0 Å². The van der Waals surface area contributed by atoms with Gasteiger partial charge in [-0.3, -0.25) is 14.9 Å². The number of nitrogens with one attached hydrogen (secondary N) is 1. The fourth-order valence-corrected chi connectivity index (χ4v) is 4.00. The highest BCUT2D eigenvalue weighted by Crippen LogP contribution is 2.34. The molecule has 1 atom stereocenters. The van der Waals surface area contributed by atoms with Crippen molar-refractivity contribution in [2.45, 2.75) is 26.2 Å². The van der Waals surface area contributed by atoms with E-state index in [9.17, 15) is 9.59 Å². The van der Waals surface area contributed by atoms with Crippen LogP contribution in [0.1, 0.15) is 38.8 Å². The monoisotopic (exact) mass is 392 g/mol. The Balaban J connectivity index is 1.44. The zero-order valence-corrected chi connectivity index (χ0v) is 16.5. The van der Waals surface area contributed by atoms with Gasteiger partial charge in [-0.15, -0.1) is 10.2 Å². The molecule has 0 spiro atoms. The van der Waals surface area contributed by atoms with Gasteiger partial charge in [0.25, 0.3) is 5.91 Å². The van der Waals surface area contributed by atoms with Gasteiger partial charge in [0.1, 0.15) is 5.01 Å². The molecule has 1 saturated heterocycles. The maximum absolute atomic E-state index is 12.5. The molecule has 2 heterocycles. The Morgan fingerprint density at radius 2 is 1.68 bits per heavy atom. The van der Waals surface area contributed by atoms with Crippen molar-refractivity contribution in [2.75, 3.05) is 16.8 Å². The Kier molecular flexibility index (Phi) is 4.92. The van der Waals surface area contributed by atoms with Crippen LogP contribution in [0.3, 0.4) is 0 Å². The molecule has 4 rings (SSSR count). The van der Waals surface area contributed by atoms with Crippen LogP contribution in [-0.4, -0.2) is 28.6 Å². The van der Waals surface area contributed by atoms with E-state index in [1.54, 1.807) is 17.0 Å². The number of amides is 2. The predicted octanol–water partition coefficient (Wildman–Crippen LogP) is 3.93. The summed E-state index contributed by atoms with van der Waals surface area (Å²) < 4.78 is 0. The Hall–Kier alpha value is -3.06. The minimum atomic E-state index is -0.216. The molecule has 7 heteroatoms. The third-order valence-corrected chi connectivity index (χ3v) is 5.80. The van der Waals surface area contributed by atoms with Gasteiger partial charge < -0.3 is 4.90 Å². The molecular weight excluding hydrogens is 372 g/mol. The van der Waals surface area contributed by atoms with Crippen LogP contribution in [0.2, 0.25) is 0 Å². The lowest BCUT2D eigenvalue weighted by molar-refractivity contribution is -0.117. The second kappa shape index (κ2) is 7.52. The molecule has 2 aromatic carbocycles. The minimum absolute atomic E-state index is 0.0173. The number of rotatable bonds is 4. The number of aryl methyl sites for hydroxylation is 2. The topological polar surface area (TPSA) is 75.2 Å². The summed E-state index contributed by atoms with van der Waals surface area (Å²) >= 11 is 1.32. The quantitative estimate of drug-likeness (QED) is 0.730. The third kappa shape index (κ3) is 3.80. The molecule has 6 nitrogen and oxygen atoms in total. The first-order valence-corrected chi connectivity index (χ1v) is 9.90. The zero-order chi connectivity index (χ0) is 19.7. The van der Waals surface area contributed by atoms with Crippen LogP contribution in [0.4, 0.5) is 10.8 Å². The Morgan fingerprint density at radius 3 is 2.36 bits per heavy atom. The molecule has 1 unspecified atom stereocenters. The summed E-state index contributed by atoms with van der Waals surface area (Å²) in [4.78, 5) is 26.6. The van der Waals surface area contributed by atoms with Crippen LogP contribution in [0.15, 0.2) is 48.5 Å². The number of aromatic nitrogens is 2. The predicted molar refractivity (Wildman–Crippen MR) is 110 cm³/mol. The lowest BCUT2D eigenvalue weighted by Crippen LogP contribution is -2.24. The number of anilines is 2. The summed E-state index contributed by atoms with van der Waals surface area (Å²) in [7, 11) is 0. The molecule has 2 amide bonds. The molecule has 3 aromatic rings. The van der Waals surface area contributed by atoms with Gasteiger partial charge >= 0.3 is 0 Å². The Morgan fingerprint density at radius 1 is 1.04 bits per heavy atom. The van der Waals surface area contributed by atoms with Gasteiger partial charge in [0.15, 0.2) is 0 Å². The molecule has 0 saturated carbocycles. The van der Waals surface area contributed by atoms with Crippen molar-refractivity contribution in [1.82, 2.24) is 10.2 Å². The second-order valence-corrected chi connectivity index (χ2v) is 8.02. The summed E-state index contributed by atoms with van der Waals surface area (Å²) in [5, 5.41) is 12.3. The summed E-state index contributed by atoms with van der Waals surface area (Å²) in [6, 6.07) is 15.3. The number of carbonyl (C=O) groups is 2. The van der Waals surface area contributed by atoms with Gasteiger partial charge in [-0.2, -0.15) is 0 Å². The second-order valence-electron chi connectivity index (χ2n) is 7.01. The number of carbonyl (C=O) groups excluding carboxylic acids is 2. The molecule has 0 radical (unpaired) electrons. The maximum Gasteiger partial charge on any atom is 0.257 e. The number of hydrogen-bond donors (Lipinski definition) is 1. The average Bonchev–Trinajstić information content (AvgIpc) is 3.29. The molecule has 1 fully saturated rings. The van der Waals surface area contributed by atoms with Crippen LogP contribution >= 0.6 is 11.3 Å². The van der Waals surface area contributed by atoms with E-state index in [1.807, 2.05) is 50.2 Å². The van der Waals surface area contributed by atoms with E-state index in [0.29, 0.717) is 23.7 Å². The highest BCUT2D eigenvalue weighted by atomic mass is 32.1. The highest BCUT2D eigenvalue weighted by Gasteiger charge is 2.34. The van der Waals surface area contributed by atoms with Gasteiger partial charge in [0.2, 0.25) is 11.0 Å². The molecule has 1 aliphatic heterocycles. The average molecular weight is 392 g/mol. The van der Waals surface area contributed by atoms with Crippen molar-refractivity contribution in [2.24, 2.45) is 0 Å². The summed E-state index contributed by atoms with van der Waals surface area (Å²) in [6.45, 7) is 4.57. The number of nitrogens with zero attached hydrogens (tertiary/aromatic N) is 3. The van der Waals surface area contributed by atoms with Crippen molar-refractivity contribution in [3.63, 3.8) is 0 Å². The van der Waals surface area contributed by atoms with Crippen molar-refractivity contribution in [1.29, 1.82) is 0 Å². The molecule has 142 valence electrons. The first-order valence-electron chi connectivity index (χ1n) is 9.08. The van der Waals surface area contributed by atoms with Gasteiger partial charge in [0.05, 0.1) is 0 Å². The van der Waals surface area contributed by atoms with Crippen LogP contribution < -0.4 is 10.2 Å². The van der Waals surface area contributed by atoms with Crippen LogP contribution in [-0.2, 0) is 4.79 Å². The maximum atomic E-state index is 12.5. The third-order valence-electron chi connectivity index (χ3n) is 4.79. The number of hydrogen-bond acceptors (Lipinski definition) is 5. The SMILES string of the molecule is Cc1ccc(C(=O)Nc2nnc(C3CC(=O)N(c4ccc(C)cc4)C3)s2)cc1. The first-order chi connectivity index (χ1) is 13.5. The van der Waals surface area contributed by atoms with Gasteiger partial charge in [0, 0.05) is 30.1 Å². The number of benzene rings is 2. The van der Waals surface area contributed by atoms with E-state index in [4.69, 9.17) is 0 Å². The molecular formula is C21H20N4O2S. The standard InChI is InChI=1S/C21H20N4O2S/c1-13-3-7-15(8-4-13)19(27)22-21-24-23-20(28-21)16-11-18(26)25(12-16)17-9-5-14(2)6-10-17/h3-10,16H,11-12H2,1-2H3,(H,22,24,27). The van der Waals surface area contributed by atoms with Crippen LogP contribution in [0.5, 0.6) is 0 Å². The molecule has 1 N–H and O–H groups in total. The van der Waals surface area contributed by atoms with E-state index in [0.717, 1.165) is 21.8 Å². The fourth-order valence-electron chi connectivity index (χ4n) is 3.17. The summed E-state index contributed by atoms with van der Waals surface area (Å²) in [6.07, 6.45) is 0.397. The summed E-state index contributed by atoms with van der Waals surface area (Å²) in [5.41, 5.74) is 3.73. The van der Waals surface area contributed by atoms with Crippen LogP contribution in [0.25, 0.3) is 0 Å². The Labute approximate surface area is 167 Å². The zero-order valence-electron chi connectivity index (χ0n) is 15.7. The smallest absolute Gasteiger partial charge is 0.257 e. The van der Waals surface area contributed by atoms with E-state index >= 15 is 0 Å². The van der Waals surface area contributed by atoms with Gasteiger partial charge in [-0.05, 0) is 38.1 Å². The van der Waals surface area contributed by atoms with Gasteiger partial charge in [-0.1, -0.05) is 46.7 Å². The lowest BCUT2D eigenvalue weighted by atomic mass is 10.1. The Bertz CT molecular complexity index is 1010. The lowest BCUT2D eigenvalue weighted by Gasteiger charge is -2.16. The van der Waals surface area contributed by atoms with E-state index in [2.05, 4.69) is 15.5 Å². The molecule has 1 aromatic heterocycles. The first kappa shape index (κ1) is 18.3. The fraction of sp³-hybridized carbons (Fsp3) is 0.238. The molecule has 28 heavy (non-hydrogen) atoms. The van der Waals surface area contributed by atoms with E-state index in [1.165, 1.54) is 11.3 Å². The van der Waals surface area contributed by atoms with Crippen molar-refractivity contribution < 1.29 is 9.59 Å². The minimum Gasteiger partial charge on any atom is -0.312 e. The van der Waals surface area contributed by atoms with E-state index < -0.39 is 0 Å². The molecule has 1 aliphatic rings. The van der Waals surface area contributed by atoms with Crippen molar-refractivity contribution in [3.8, 4) is 0 Å². The normalized spacial score (nSPS) is 16.4. The molecule has 0 bridgehead atoms. The van der Waals surface area contributed by atoms with Crippen molar-refractivity contribution >= 4 is 34.0 Å².